The number of hydrogen-bond acceptors (Lipinski definition) is 4. The van der Waals surface area contributed by atoms with Crippen molar-refractivity contribution in [3.8, 4) is 0 Å². The molecule has 0 heterocycles. The van der Waals surface area contributed by atoms with Gasteiger partial charge in [0.15, 0.2) is 0 Å². The molecular formula is C9H19NO5. The van der Waals surface area contributed by atoms with E-state index in [1.807, 2.05) is 0 Å². The lowest BCUT2D eigenvalue weighted by Gasteiger charge is -1.92. The van der Waals surface area contributed by atoms with E-state index in [-0.39, 0.29) is 19.4 Å². The lowest BCUT2D eigenvalue weighted by molar-refractivity contribution is -0.139. The predicted octanol–water partition coefficient (Wildman–Crippen LogP) is -0.0859. The van der Waals surface area contributed by atoms with E-state index in [9.17, 15) is 9.59 Å². The number of aliphatic hydroxyl groups is 1. The zero-order valence-electron chi connectivity index (χ0n) is 8.90. The van der Waals surface area contributed by atoms with Gasteiger partial charge in [0, 0.05) is 19.4 Å². The largest absolute Gasteiger partial charge is 0.481 e. The van der Waals surface area contributed by atoms with Crippen LogP contribution < -0.4 is 5.32 Å². The third-order valence-corrected chi connectivity index (χ3v) is 1.39. The van der Waals surface area contributed by atoms with Crippen molar-refractivity contribution in [2.75, 3.05) is 20.2 Å². The molecule has 0 aromatic rings. The van der Waals surface area contributed by atoms with Gasteiger partial charge in [0.2, 0.25) is 0 Å². The van der Waals surface area contributed by atoms with Crippen molar-refractivity contribution in [2.24, 2.45) is 0 Å². The van der Waals surface area contributed by atoms with Crippen molar-refractivity contribution in [3.05, 3.63) is 0 Å². The van der Waals surface area contributed by atoms with Crippen LogP contribution in [0.25, 0.3) is 0 Å². The molecule has 0 saturated heterocycles. The van der Waals surface area contributed by atoms with Crippen LogP contribution in [0.3, 0.4) is 0 Å². The second-order valence-corrected chi connectivity index (χ2v) is 2.82. The standard InChI is InChI=1S/C6H10O4.C3H9NO/c7-5(8)3-1-2-4-6(9)10;1-4-2-3-5/h1-4H2,(H,7,8)(H,9,10);4-5H,2-3H2,1H3. The molecule has 0 amide bonds. The van der Waals surface area contributed by atoms with Gasteiger partial charge in [0.05, 0.1) is 6.61 Å². The van der Waals surface area contributed by atoms with Gasteiger partial charge in [0.1, 0.15) is 0 Å². The number of carboxylic acids is 2. The highest BCUT2D eigenvalue weighted by atomic mass is 16.4. The third-order valence-electron chi connectivity index (χ3n) is 1.39. The Morgan fingerprint density at radius 1 is 1.07 bits per heavy atom. The number of likely N-dealkylation sites (N-methyl/N-ethyl adjacent to an activating group) is 1. The number of nitrogens with one attached hydrogen (secondary N) is 1. The average Bonchev–Trinajstić information content (AvgIpc) is 2.14. The van der Waals surface area contributed by atoms with Crippen LogP contribution in [0.1, 0.15) is 25.7 Å². The zero-order valence-corrected chi connectivity index (χ0v) is 8.90. The molecule has 0 aliphatic carbocycles. The van der Waals surface area contributed by atoms with Crippen molar-refractivity contribution in [3.63, 3.8) is 0 Å². The summed E-state index contributed by atoms with van der Waals surface area (Å²) in [5.41, 5.74) is 0. The Morgan fingerprint density at radius 2 is 1.47 bits per heavy atom. The minimum Gasteiger partial charge on any atom is -0.481 e. The maximum atomic E-state index is 9.90. The Hall–Kier alpha value is -1.14. The highest BCUT2D eigenvalue weighted by Gasteiger charge is 1.99. The highest BCUT2D eigenvalue weighted by Crippen LogP contribution is 1.98. The molecule has 0 bridgehead atoms. The fourth-order valence-electron chi connectivity index (χ4n) is 0.664. The Labute approximate surface area is 88.9 Å². The summed E-state index contributed by atoms with van der Waals surface area (Å²) in [7, 11) is 1.80. The lowest BCUT2D eigenvalue weighted by atomic mass is 10.2. The molecule has 0 aromatic heterocycles. The summed E-state index contributed by atoms with van der Waals surface area (Å²) in [6, 6.07) is 0. The van der Waals surface area contributed by atoms with Crippen LogP contribution in [0, 0.1) is 0 Å². The van der Waals surface area contributed by atoms with Crippen LogP contribution in [0.2, 0.25) is 0 Å². The number of unbranched alkanes of at least 4 members (excludes halogenated alkanes) is 1. The van der Waals surface area contributed by atoms with Crippen LogP contribution in [0.5, 0.6) is 0 Å². The summed E-state index contributed by atoms with van der Waals surface area (Å²) >= 11 is 0. The van der Waals surface area contributed by atoms with Crippen LogP contribution in [0.15, 0.2) is 0 Å². The monoisotopic (exact) mass is 221 g/mol. The summed E-state index contributed by atoms with van der Waals surface area (Å²) < 4.78 is 0. The molecular weight excluding hydrogens is 202 g/mol. The van der Waals surface area contributed by atoms with Crippen molar-refractivity contribution in [1.82, 2.24) is 5.32 Å². The molecule has 0 saturated carbocycles. The van der Waals surface area contributed by atoms with E-state index in [4.69, 9.17) is 15.3 Å². The van der Waals surface area contributed by atoms with E-state index in [0.717, 1.165) is 0 Å². The van der Waals surface area contributed by atoms with Crippen molar-refractivity contribution < 1.29 is 24.9 Å². The fourth-order valence-corrected chi connectivity index (χ4v) is 0.664. The maximum absolute atomic E-state index is 9.90. The molecule has 0 aromatic carbocycles. The molecule has 15 heavy (non-hydrogen) atoms. The van der Waals surface area contributed by atoms with Crippen LogP contribution >= 0.6 is 0 Å². The van der Waals surface area contributed by atoms with Gasteiger partial charge in [-0.25, -0.2) is 0 Å². The topological polar surface area (TPSA) is 107 Å². The van der Waals surface area contributed by atoms with Crippen LogP contribution in [-0.2, 0) is 9.59 Å². The van der Waals surface area contributed by atoms with E-state index in [1.165, 1.54) is 0 Å². The van der Waals surface area contributed by atoms with Gasteiger partial charge in [-0.05, 0) is 19.9 Å². The summed E-state index contributed by atoms with van der Waals surface area (Å²) in [4.78, 5) is 19.8. The van der Waals surface area contributed by atoms with Gasteiger partial charge in [-0.3, -0.25) is 9.59 Å². The summed E-state index contributed by atoms with van der Waals surface area (Å²) in [5.74, 6) is -1.74. The lowest BCUT2D eigenvalue weighted by Crippen LogP contribution is -2.10. The highest BCUT2D eigenvalue weighted by molar-refractivity contribution is 5.67. The Kier molecular flexibility index (Phi) is 14.0. The van der Waals surface area contributed by atoms with E-state index < -0.39 is 11.9 Å². The molecule has 0 aliphatic rings. The van der Waals surface area contributed by atoms with Gasteiger partial charge in [-0.1, -0.05) is 0 Å². The smallest absolute Gasteiger partial charge is 0.303 e. The van der Waals surface area contributed by atoms with Crippen molar-refractivity contribution in [2.45, 2.75) is 25.7 Å². The number of hydrogen-bond donors (Lipinski definition) is 4. The first-order valence-electron chi connectivity index (χ1n) is 4.73. The van der Waals surface area contributed by atoms with Gasteiger partial charge in [-0.2, -0.15) is 0 Å². The number of aliphatic carboxylic acids is 2. The van der Waals surface area contributed by atoms with Gasteiger partial charge in [-0.15, -0.1) is 0 Å². The Morgan fingerprint density at radius 3 is 1.60 bits per heavy atom. The molecule has 4 N–H and O–H groups in total. The molecule has 0 radical (unpaired) electrons. The fraction of sp³-hybridized carbons (Fsp3) is 0.778. The first kappa shape index (κ1) is 16.3. The average molecular weight is 221 g/mol. The molecule has 90 valence electrons. The SMILES string of the molecule is CNCCO.O=C(O)CCCCC(=O)O. The molecule has 0 spiro atoms. The van der Waals surface area contributed by atoms with Crippen LogP contribution in [-0.4, -0.2) is 47.5 Å². The molecule has 0 unspecified atom stereocenters. The van der Waals surface area contributed by atoms with Gasteiger partial charge < -0.3 is 20.6 Å². The first-order chi connectivity index (χ1) is 7.04. The van der Waals surface area contributed by atoms with E-state index >= 15 is 0 Å². The molecule has 6 heteroatoms. The maximum Gasteiger partial charge on any atom is 0.303 e. The van der Waals surface area contributed by atoms with Crippen LogP contribution in [0.4, 0.5) is 0 Å². The molecule has 0 atom stereocenters. The second-order valence-electron chi connectivity index (χ2n) is 2.82. The number of rotatable bonds is 7. The van der Waals surface area contributed by atoms with E-state index in [1.54, 1.807) is 7.05 Å². The molecule has 6 nitrogen and oxygen atoms in total. The number of carbonyl (C=O) groups is 2. The number of aliphatic hydroxyl groups excluding tert-OH is 1. The number of carboxylic acid groups (broad SMARTS) is 2. The van der Waals surface area contributed by atoms with Gasteiger partial charge in [0.25, 0.3) is 0 Å². The molecule has 0 rings (SSSR count). The molecule has 0 aliphatic heterocycles. The van der Waals surface area contributed by atoms with E-state index in [0.29, 0.717) is 19.4 Å². The minimum absolute atomic E-state index is 0.0628. The zero-order chi connectivity index (χ0) is 12.1. The predicted molar refractivity (Wildman–Crippen MR) is 54.8 cm³/mol. The second kappa shape index (κ2) is 12.9. The minimum atomic E-state index is -0.870. The molecule has 0 fully saturated rings. The first-order valence-corrected chi connectivity index (χ1v) is 4.73. The summed E-state index contributed by atoms with van der Waals surface area (Å²) in [6.07, 6.45) is 1.02. The summed E-state index contributed by atoms with van der Waals surface area (Å²) in [5, 5.41) is 27.0. The summed E-state index contributed by atoms with van der Waals surface area (Å²) in [6.45, 7) is 0.927. The van der Waals surface area contributed by atoms with Crippen molar-refractivity contribution in [1.29, 1.82) is 0 Å². The normalized spacial score (nSPS) is 8.93. The third kappa shape index (κ3) is 24.6. The Bertz CT molecular complexity index is 154. The van der Waals surface area contributed by atoms with Crippen molar-refractivity contribution >= 4 is 11.9 Å². The Balaban J connectivity index is 0. The van der Waals surface area contributed by atoms with E-state index in [2.05, 4.69) is 5.32 Å². The van der Waals surface area contributed by atoms with Gasteiger partial charge >= 0.3 is 11.9 Å². The quantitative estimate of drug-likeness (QED) is 0.448.